The van der Waals surface area contributed by atoms with Crippen molar-refractivity contribution < 1.29 is 179 Å². The van der Waals surface area contributed by atoms with Gasteiger partial charge in [0.25, 0.3) is 0 Å². The molecule has 0 aromatic heterocycles. The van der Waals surface area contributed by atoms with E-state index in [-0.39, 0.29) is 155 Å². The predicted molar refractivity (Wildman–Crippen MR) is 204 cm³/mol. The Labute approximate surface area is 461 Å². The van der Waals surface area contributed by atoms with Crippen LogP contribution in [0.15, 0.2) is 0 Å². The van der Waals surface area contributed by atoms with Crippen LogP contribution < -0.4 is 122 Å². The zero-order chi connectivity index (χ0) is 36.3. The van der Waals surface area contributed by atoms with Crippen molar-refractivity contribution in [1.29, 1.82) is 0 Å². The van der Waals surface area contributed by atoms with E-state index in [2.05, 4.69) is 0 Å². The van der Waals surface area contributed by atoms with Gasteiger partial charge in [-0.2, -0.15) is 0 Å². The van der Waals surface area contributed by atoms with Crippen molar-refractivity contribution >= 4 is 52.4 Å². The van der Waals surface area contributed by atoms with Crippen molar-refractivity contribution in [2.75, 3.05) is 237 Å². The second kappa shape index (κ2) is 48.8. The summed E-state index contributed by atoms with van der Waals surface area (Å²) >= 11 is 0. The third-order valence-electron chi connectivity index (χ3n) is 9.43. The molecule has 6 rings (SSSR count). The van der Waals surface area contributed by atoms with Crippen LogP contribution in [-0.2, 0) is 56.8 Å². The molecule has 0 aliphatic carbocycles. The Morgan fingerprint density at radius 2 is 0.250 bits per heavy atom. The molecule has 6 heterocycles. The van der Waals surface area contributed by atoms with Gasteiger partial charge in [-0.3, -0.25) is 0 Å². The maximum atomic E-state index is 5.73. The first-order valence-corrected chi connectivity index (χ1v) is 20.2. The van der Waals surface area contributed by atoms with E-state index in [1.807, 2.05) is 0 Å². The molecule has 16 nitrogen and oxygen atoms in total. The molecule has 0 saturated carbocycles. The zero-order valence-corrected chi connectivity index (χ0v) is 48.4. The van der Waals surface area contributed by atoms with E-state index in [1.54, 1.807) is 0 Å². The topological polar surface area (TPSA) is 129 Å². The minimum absolute atomic E-state index is 0. The molecule has 0 aromatic carbocycles. The van der Waals surface area contributed by atoms with Crippen LogP contribution in [0.4, 0.5) is 0 Å². The van der Waals surface area contributed by atoms with E-state index < -0.39 is 0 Å². The number of fused-ring (bicyclic) bond motifs is 42. The fourth-order valence-electron chi connectivity index (χ4n) is 6.03. The second-order valence-corrected chi connectivity index (χ2v) is 13.3. The first kappa shape index (κ1) is 62.5. The zero-order valence-electron chi connectivity index (χ0n) is 35.2. The molecule has 4 bridgehead atoms. The van der Waals surface area contributed by atoms with Crippen molar-refractivity contribution in [3.8, 4) is 0 Å². The van der Waals surface area contributed by atoms with Crippen LogP contribution >= 0.6 is 0 Å². The summed E-state index contributed by atoms with van der Waals surface area (Å²) in [6.07, 6.45) is 0. The normalized spacial score (nSPS) is 28.3. The van der Waals surface area contributed by atoms with E-state index in [0.717, 1.165) is 158 Å². The Hall–Kier alpha value is 4.40. The number of hydrogen-bond donors (Lipinski definition) is 4. The molecule has 56 heavy (non-hydrogen) atoms. The van der Waals surface area contributed by atoms with Crippen LogP contribution in [0.25, 0.3) is 0 Å². The van der Waals surface area contributed by atoms with Gasteiger partial charge in [-0.05, 0) is 0 Å². The molecule has 0 amide bonds. The Kier molecular flexibility index (Phi) is 54.5. The van der Waals surface area contributed by atoms with Crippen LogP contribution in [-0.4, -0.2) is 290 Å². The summed E-state index contributed by atoms with van der Waals surface area (Å²) in [4.78, 5) is 5.76. The molecule has 0 unspecified atom stereocenters. The average molecular weight is 1250 g/mol. The van der Waals surface area contributed by atoms with Crippen molar-refractivity contribution in [2.24, 2.45) is 0 Å². The molecule has 6 aliphatic rings. The van der Waals surface area contributed by atoms with Gasteiger partial charge in [0.15, 0.2) is 0 Å². The van der Waals surface area contributed by atoms with Gasteiger partial charge < -0.3 is 76.4 Å². The molecule has 6 aliphatic heterocycles. The minimum atomic E-state index is 0. The first-order chi connectivity index (χ1) is 25.9. The summed E-state index contributed by atoms with van der Waals surface area (Å²) in [6.45, 7) is 28.2. The molecule has 0 spiro atoms. The Morgan fingerprint density at radius 1 is 0.161 bits per heavy atom. The summed E-state index contributed by atoms with van der Waals surface area (Å²) in [6, 6.07) is 0. The van der Waals surface area contributed by atoms with Gasteiger partial charge >= 0.3 is 103 Å². The molecule has 20 heteroatoms. The molecule has 6 radical (unpaired) electrons. The minimum Gasteiger partial charge on any atom is -0.373 e. The van der Waals surface area contributed by atoms with E-state index in [9.17, 15) is 0 Å². The number of nitrogens with one attached hydrogen (secondary N) is 4. The fraction of sp³-hybridized carbons (Fsp3) is 1.00. The number of quaternary nitrogens is 4. The Bertz CT molecular complexity index is 578. The van der Waals surface area contributed by atoms with Gasteiger partial charge in [0.1, 0.15) is 78.5 Å². The number of ether oxygens (including phenoxy) is 12. The summed E-state index contributed by atoms with van der Waals surface area (Å²) in [5.74, 6) is 0. The summed E-state index contributed by atoms with van der Waals surface area (Å²) < 4.78 is 68.7. The van der Waals surface area contributed by atoms with Gasteiger partial charge in [-0.15, -0.1) is 0 Å². The average Bonchev–Trinajstić information content (AvgIpc) is 3.15. The largest absolute Gasteiger partial charge is 1.00 e. The molecular weight excluding hydrogens is 1180 g/mol. The van der Waals surface area contributed by atoms with Crippen molar-refractivity contribution in [2.45, 2.75) is 0 Å². The Balaban J connectivity index is 0. The van der Waals surface area contributed by atoms with E-state index >= 15 is 0 Å². The fourth-order valence-corrected chi connectivity index (χ4v) is 6.03. The molecule has 6 fully saturated rings. The summed E-state index contributed by atoms with van der Waals surface area (Å²) in [7, 11) is 0. The van der Waals surface area contributed by atoms with Crippen molar-refractivity contribution in [3.05, 3.63) is 0 Å². The van der Waals surface area contributed by atoms with E-state index in [0.29, 0.717) is 79.3 Å². The maximum Gasteiger partial charge on any atom is 1.00 e. The van der Waals surface area contributed by atoms with Crippen molar-refractivity contribution in [3.63, 3.8) is 0 Å². The summed E-state index contributed by atoms with van der Waals surface area (Å²) in [5.41, 5.74) is 0. The number of hydrogen-bond acceptors (Lipinski definition) is 12. The third-order valence-corrected chi connectivity index (χ3v) is 9.43. The number of rotatable bonds is 0. The van der Waals surface area contributed by atoms with Crippen molar-refractivity contribution in [1.82, 2.24) is 0 Å². The Morgan fingerprint density at radius 3 is 0.339 bits per heavy atom. The third kappa shape index (κ3) is 38.8. The van der Waals surface area contributed by atoms with Crippen LogP contribution in [0.5, 0.6) is 0 Å². The smallest absolute Gasteiger partial charge is 0.373 e. The molecule has 4 N–H and O–H groups in total. The SMILES string of the molecule is C1COCC[NH+]2CCOCCOCC[NH+](CCO1)CCOCCOCC2.C1COCC[NH+]2CCOCCOCC[NH+](CCO1)CCOCCOCC2.[Bi].[Bi].[K+].[K+]. The summed E-state index contributed by atoms with van der Waals surface area (Å²) in [5, 5.41) is 0. The van der Waals surface area contributed by atoms with Gasteiger partial charge in [0, 0.05) is 52.4 Å². The van der Waals surface area contributed by atoms with Gasteiger partial charge in [0.2, 0.25) is 0 Å². The van der Waals surface area contributed by atoms with E-state index in [1.165, 1.54) is 19.6 Å². The van der Waals surface area contributed by atoms with Gasteiger partial charge in [-0.25, -0.2) is 0 Å². The molecule has 0 aromatic rings. The van der Waals surface area contributed by atoms with Crippen LogP contribution in [0.1, 0.15) is 0 Å². The molecule has 0 atom stereocenters. The van der Waals surface area contributed by atoms with Crippen LogP contribution in [0.2, 0.25) is 0 Å². The quantitative estimate of drug-likeness (QED) is 0.172. The van der Waals surface area contributed by atoms with Gasteiger partial charge in [-0.1, -0.05) is 0 Å². The van der Waals surface area contributed by atoms with Gasteiger partial charge in [0.05, 0.1) is 159 Å². The molecular formula is C36H76Bi2K2N4O12+6. The predicted octanol–water partition coefficient (Wildman–Crippen LogP) is -13.0. The monoisotopic (exact) mass is 1250 g/mol. The molecule has 6 saturated heterocycles. The van der Waals surface area contributed by atoms with E-state index in [4.69, 9.17) is 56.8 Å². The van der Waals surface area contributed by atoms with Crippen LogP contribution in [0.3, 0.4) is 0 Å². The second-order valence-electron chi connectivity index (χ2n) is 13.3. The molecule has 318 valence electrons. The first-order valence-electron chi connectivity index (χ1n) is 20.2. The maximum absolute atomic E-state index is 5.73. The van der Waals surface area contributed by atoms with Crippen LogP contribution in [0, 0.1) is 0 Å². The standard InChI is InChI=1S/2C18H36N2O6.2Bi.2K/c2*1-7-21-13-14-24-10-4-20-5-11-25-17-15-22-8-2-19(1)3-9-23-16-18-26-12-6-20;;;;/h2*1-18H2;;;;/q;;;;2*+1/p+4.